The van der Waals surface area contributed by atoms with Crippen LogP contribution in [0.4, 0.5) is 23.2 Å². The molecule has 1 aromatic heterocycles. The van der Waals surface area contributed by atoms with Crippen LogP contribution >= 0.6 is 0 Å². The first-order valence-corrected chi connectivity index (χ1v) is 12.9. The van der Waals surface area contributed by atoms with Crippen molar-refractivity contribution in [3.05, 3.63) is 89.5 Å². The molecule has 4 aromatic rings. The largest absolute Gasteiger partial charge is 0.497 e. The third-order valence-electron chi connectivity index (χ3n) is 5.76. The molecule has 0 saturated heterocycles. The Bertz CT molecular complexity index is 1770. The molecule has 214 valence electrons. The molecule has 3 aromatic carbocycles. The van der Waals surface area contributed by atoms with Crippen LogP contribution in [0, 0.1) is 5.82 Å². The minimum absolute atomic E-state index is 0.0143. The van der Waals surface area contributed by atoms with Gasteiger partial charge in [0.15, 0.2) is 11.5 Å². The zero-order chi connectivity index (χ0) is 30.1. The maximum atomic E-state index is 15.2. The number of oxime groups is 1. The van der Waals surface area contributed by atoms with Crippen LogP contribution in [0.15, 0.2) is 76.8 Å². The number of hydrogen-bond acceptors (Lipinski definition) is 7. The number of alkyl halides is 3. The van der Waals surface area contributed by atoms with Crippen LogP contribution in [0.25, 0.3) is 16.8 Å². The number of aromatic nitrogens is 2. The highest BCUT2D eigenvalue weighted by molar-refractivity contribution is 7.89. The highest BCUT2D eigenvalue weighted by Gasteiger charge is 2.42. The zero-order valence-corrected chi connectivity index (χ0v) is 21.7. The van der Waals surface area contributed by atoms with Crippen LogP contribution in [-0.2, 0) is 16.2 Å². The molecule has 0 bridgehead atoms. The Hall–Kier alpha value is -4.96. The van der Waals surface area contributed by atoms with Crippen molar-refractivity contribution >= 4 is 27.5 Å². The molecule has 1 heterocycles. The number of halogens is 4. The standard InChI is InChI=1S/C25H20F4N6O5S/c1-40-15-9-7-14(8-10-15)35-21(20(23(30)34-37)22(33-35)25(27,28)29)24(36)32-13-6-11-16(18(26)12-13)17-4-2-3-5-19(17)41(31,38)39/h2-12,37H,1H3,(H2,30,34)(H,32,36)(H2,31,38,39). The molecule has 0 spiro atoms. The van der Waals surface area contributed by atoms with Crippen LogP contribution in [0.1, 0.15) is 21.7 Å². The molecule has 0 saturated carbocycles. The fraction of sp³-hybridized carbons (Fsp3) is 0.0800. The Labute approximate surface area is 229 Å². The number of benzene rings is 3. The Morgan fingerprint density at radius 1 is 1.07 bits per heavy atom. The molecule has 6 N–H and O–H groups in total. The lowest BCUT2D eigenvalue weighted by atomic mass is 10.0. The van der Waals surface area contributed by atoms with Gasteiger partial charge in [0.05, 0.1) is 23.3 Å². The van der Waals surface area contributed by atoms with Crippen molar-refractivity contribution in [3.8, 4) is 22.6 Å². The first kappa shape index (κ1) is 29.0. The number of amidine groups is 1. The lowest BCUT2D eigenvalue weighted by molar-refractivity contribution is -0.141. The lowest BCUT2D eigenvalue weighted by Gasteiger charge is -2.13. The van der Waals surface area contributed by atoms with Crippen LogP contribution in [0.3, 0.4) is 0 Å². The SMILES string of the molecule is COc1ccc(-n2nc(C(F)(F)F)c(/C(N)=N/O)c2C(=O)Nc2ccc(-c3ccccc3S(N)(=O)=O)c(F)c2)cc1. The first-order valence-electron chi connectivity index (χ1n) is 11.3. The van der Waals surface area contributed by atoms with Gasteiger partial charge in [-0.1, -0.05) is 23.4 Å². The Morgan fingerprint density at radius 2 is 1.73 bits per heavy atom. The number of sulfonamides is 1. The number of nitrogens with one attached hydrogen (secondary N) is 1. The number of anilines is 1. The van der Waals surface area contributed by atoms with E-state index in [9.17, 15) is 31.6 Å². The van der Waals surface area contributed by atoms with Crippen molar-refractivity contribution in [1.82, 2.24) is 9.78 Å². The summed E-state index contributed by atoms with van der Waals surface area (Å²) in [4.78, 5) is 13.0. The third kappa shape index (κ3) is 5.82. The summed E-state index contributed by atoms with van der Waals surface area (Å²) < 4.78 is 86.5. The fourth-order valence-electron chi connectivity index (χ4n) is 3.97. The number of carbonyl (C=O) groups is 1. The van der Waals surface area contributed by atoms with Gasteiger partial charge < -0.3 is 21.0 Å². The number of ether oxygens (including phenoxy) is 1. The monoisotopic (exact) mass is 592 g/mol. The average Bonchev–Trinajstić information content (AvgIpc) is 3.34. The van der Waals surface area contributed by atoms with Crippen molar-refractivity contribution < 1.29 is 40.7 Å². The van der Waals surface area contributed by atoms with Crippen molar-refractivity contribution in [2.45, 2.75) is 11.1 Å². The topological polar surface area (TPSA) is 175 Å². The molecule has 0 radical (unpaired) electrons. The number of nitrogens with zero attached hydrogens (tertiary/aromatic N) is 3. The van der Waals surface area contributed by atoms with E-state index in [0.29, 0.717) is 10.4 Å². The summed E-state index contributed by atoms with van der Waals surface area (Å²) in [6, 6.07) is 14.0. The van der Waals surface area contributed by atoms with Gasteiger partial charge >= 0.3 is 6.18 Å². The molecule has 0 aliphatic carbocycles. The molecule has 0 unspecified atom stereocenters. The Kier molecular flexibility index (Phi) is 7.72. The highest BCUT2D eigenvalue weighted by atomic mass is 32.2. The summed E-state index contributed by atoms with van der Waals surface area (Å²) in [5.41, 5.74) is 1.68. The maximum absolute atomic E-state index is 15.2. The van der Waals surface area contributed by atoms with E-state index in [1.165, 1.54) is 61.7 Å². The van der Waals surface area contributed by atoms with Gasteiger partial charge in [-0.25, -0.2) is 22.6 Å². The van der Waals surface area contributed by atoms with E-state index in [1.54, 1.807) is 0 Å². The van der Waals surface area contributed by atoms with Gasteiger partial charge in [0.2, 0.25) is 10.0 Å². The number of primary sulfonamides is 1. The number of rotatable bonds is 7. The van der Waals surface area contributed by atoms with Gasteiger partial charge in [-0.2, -0.15) is 18.3 Å². The van der Waals surface area contributed by atoms with E-state index < -0.39 is 50.7 Å². The van der Waals surface area contributed by atoms with E-state index in [2.05, 4.69) is 15.6 Å². The quantitative estimate of drug-likeness (QED) is 0.0832. The van der Waals surface area contributed by atoms with Crippen LogP contribution in [-0.4, -0.2) is 42.3 Å². The lowest BCUT2D eigenvalue weighted by Crippen LogP contribution is -2.25. The maximum Gasteiger partial charge on any atom is 0.435 e. The summed E-state index contributed by atoms with van der Waals surface area (Å²) in [5, 5.41) is 22.8. The van der Waals surface area contributed by atoms with Gasteiger partial charge in [0.1, 0.15) is 17.3 Å². The third-order valence-corrected chi connectivity index (χ3v) is 6.73. The first-order chi connectivity index (χ1) is 19.3. The number of hydrogen-bond donors (Lipinski definition) is 4. The Morgan fingerprint density at radius 3 is 2.29 bits per heavy atom. The summed E-state index contributed by atoms with van der Waals surface area (Å²) in [6.45, 7) is 0. The molecule has 0 atom stereocenters. The average molecular weight is 593 g/mol. The molecule has 16 heteroatoms. The zero-order valence-electron chi connectivity index (χ0n) is 20.8. The summed E-state index contributed by atoms with van der Waals surface area (Å²) >= 11 is 0. The van der Waals surface area contributed by atoms with Crippen LogP contribution in [0.5, 0.6) is 5.75 Å². The molecular weight excluding hydrogens is 572 g/mol. The van der Waals surface area contributed by atoms with Crippen molar-refractivity contribution in [3.63, 3.8) is 0 Å². The molecule has 4 rings (SSSR count). The number of carbonyl (C=O) groups excluding carboxylic acids is 1. The highest BCUT2D eigenvalue weighted by Crippen LogP contribution is 2.35. The van der Waals surface area contributed by atoms with Crippen molar-refractivity contribution in [2.24, 2.45) is 16.0 Å². The van der Waals surface area contributed by atoms with Crippen LogP contribution in [0.2, 0.25) is 0 Å². The van der Waals surface area contributed by atoms with Gasteiger partial charge in [-0.15, -0.1) is 0 Å². The molecule has 0 fully saturated rings. The molecule has 41 heavy (non-hydrogen) atoms. The second kappa shape index (κ2) is 10.9. The van der Waals surface area contributed by atoms with Gasteiger partial charge in [-0.05, 0) is 48.5 Å². The van der Waals surface area contributed by atoms with E-state index >= 15 is 4.39 Å². The van der Waals surface area contributed by atoms with E-state index in [0.717, 1.165) is 12.1 Å². The van der Waals surface area contributed by atoms with E-state index in [4.69, 9.17) is 15.6 Å². The predicted molar refractivity (Wildman–Crippen MR) is 139 cm³/mol. The minimum Gasteiger partial charge on any atom is -0.497 e. The molecule has 11 nitrogen and oxygen atoms in total. The van der Waals surface area contributed by atoms with E-state index in [1.807, 2.05) is 0 Å². The number of nitrogens with two attached hydrogens (primary N) is 2. The van der Waals surface area contributed by atoms with Gasteiger partial charge in [0.25, 0.3) is 5.91 Å². The molecule has 0 aliphatic heterocycles. The Balaban J connectivity index is 1.82. The summed E-state index contributed by atoms with van der Waals surface area (Å²) in [6.07, 6.45) is -5.12. The second-order valence-electron chi connectivity index (χ2n) is 8.35. The van der Waals surface area contributed by atoms with Crippen molar-refractivity contribution in [1.29, 1.82) is 0 Å². The number of methoxy groups -OCH3 is 1. The predicted octanol–water partition coefficient (Wildman–Crippen LogP) is 3.70. The fourth-order valence-corrected chi connectivity index (χ4v) is 4.72. The number of amides is 1. The minimum atomic E-state index is -5.12. The molecule has 1 amide bonds. The molecule has 0 aliphatic rings. The summed E-state index contributed by atoms with van der Waals surface area (Å²) in [5.74, 6) is -2.89. The van der Waals surface area contributed by atoms with E-state index in [-0.39, 0.29) is 27.4 Å². The van der Waals surface area contributed by atoms with Crippen molar-refractivity contribution in [2.75, 3.05) is 12.4 Å². The second-order valence-corrected chi connectivity index (χ2v) is 9.88. The summed E-state index contributed by atoms with van der Waals surface area (Å²) in [7, 11) is -2.84. The smallest absolute Gasteiger partial charge is 0.435 e. The molecular formula is C25H20F4N6O5S. The van der Waals surface area contributed by atoms with Gasteiger partial charge in [0, 0.05) is 16.8 Å². The van der Waals surface area contributed by atoms with Gasteiger partial charge in [-0.3, -0.25) is 4.79 Å². The van der Waals surface area contributed by atoms with Crippen LogP contribution < -0.4 is 20.9 Å². The normalized spacial score (nSPS) is 12.3.